The summed E-state index contributed by atoms with van der Waals surface area (Å²) in [6, 6.07) is 19.7. The maximum absolute atomic E-state index is 14.4. The van der Waals surface area contributed by atoms with Crippen LogP contribution in [0.1, 0.15) is 69.3 Å². The fourth-order valence-electron chi connectivity index (χ4n) is 9.50. The van der Waals surface area contributed by atoms with E-state index in [1.165, 1.54) is 0 Å². The third-order valence-electron chi connectivity index (χ3n) is 12.1. The third kappa shape index (κ3) is 8.78. The highest BCUT2D eigenvalue weighted by molar-refractivity contribution is 6.03. The Hall–Kier alpha value is -4.26. The topological polar surface area (TPSA) is 140 Å². The van der Waals surface area contributed by atoms with Crippen molar-refractivity contribution in [3.05, 3.63) is 90.5 Å². The quantitative estimate of drug-likeness (QED) is 0.0585. The van der Waals surface area contributed by atoms with Gasteiger partial charge in [0, 0.05) is 43.6 Å². The van der Waals surface area contributed by atoms with Gasteiger partial charge in [-0.2, -0.15) is 0 Å². The first-order chi connectivity index (χ1) is 28.0. The molecule has 57 heavy (non-hydrogen) atoms. The van der Waals surface area contributed by atoms with Gasteiger partial charge in [-0.15, -0.1) is 6.58 Å². The van der Waals surface area contributed by atoms with Crippen molar-refractivity contribution in [3.63, 3.8) is 0 Å². The second-order valence-electron chi connectivity index (χ2n) is 15.7. The van der Waals surface area contributed by atoms with E-state index in [-0.39, 0.29) is 75.8 Å². The number of ether oxygens (including phenoxy) is 4. The zero-order chi connectivity index (χ0) is 39.8. The van der Waals surface area contributed by atoms with E-state index in [0.717, 1.165) is 71.9 Å². The smallest absolute Gasteiger partial charge is 0.239 e. The number of amides is 1. The minimum atomic E-state index is -1.34. The minimum absolute atomic E-state index is 0.0284. The van der Waals surface area contributed by atoms with E-state index in [2.05, 4.69) is 42.1 Å². The molecule has 11 nitrogen and oxygen atoms in total. The van der Waals surface area contributed by atoms with E-state index < -0.39 is 17.7 Å². The van der Waals surface area contributed by atoms with Gasteiger partial charge in [0.2, 0.25) is 11.7 Å². The van der Waals surface area contributed by atoms with Gasteiger partial charge in [0.05, 0.1) is 38.1 Å². The molecule has 7 rings (SSSR count). The normalized spacial score (nSPS) is 25.6. The summed E-state index contributed by atoms with van der Waals surface area (Å²) in [5, 5.41) is 36.1. The number of rotatable bonds is 21. The van der Waals surface area contributed by atoms with Gasteiger partial charge in [0.1, 0.15) is 30.4 Å². The SMILES string of the molecule is C=CCO[C@@]12Oc3ccc(Oc4ccc5ccccc5c4)cc3[C@H]3[C@H](CCCCO)[C@@H](CCCCO)C=C(C(=NOC)C[C@@H]1N(CCOCCO)C(=O)C1CC1)[C@H]32. The van der Waals surface area contributed by atoms with Crippen molar-refractivity contribution in [2.45, 2.75) is 75.5 Å². The first-order valence-corrected chi connectivity index (χ1v) is 20.7. The van der Waals surface area contributed by atoms with Crippen LogP contribution in [0.3, 0.4) is 0 Å². The number of carbonyl (C=O) groups is 1. The van der Waals surface area contributed by atoms with Crippen LogP contribution in [0.15, 0.2) is 90.1 Å². The van der Waals surface area contributed by atoms with Crippen LogP contribution < -0.4 is 9.47 Å². The van der Waals surface area contributed by atoms with Gasteiger partial charge in [-0.25, -0.2) is 0 Å². The lowest BCUT2D eigenvalue weighted by Gasteiger charge is -2.60. The number of fused-ring (bicyclic) bond motifs is 3. The van der Waals surface area contributed by atoms with Crippen LogP contribution in [0.5, 0.6) is 17.2 Å². The summed E-state index contributed by atoms with van der Waals surface area (Å²) < 4.78 is 26.7. The van der Waals surface area contributed by atoms with Gasteiger partial charge in [-0.05, 0) is 97.0 Å². The lowest BCUT2D eigenvalue weighted by molar-refractivity contribution is -0.258. The number of benzene rings is 3. The molecule has 3 N–H and O–H groups in total. The predicted molar refractivity (Wildman–Crippen MR) is 218 cm³/mol. The molecule has 1 aliphatic heterocycles. The Morgan fingerprint density at radius 2 is 1.70 bits per heavy atom. The molecule has 0 unspecified atom stereocenters. The maximum atomic E-state index is 14.4. The summed E-state index contributed by atoms with van der Waals surface area (Å²) in [6.07, 6.45) is 10.8. The lowest BCUT2D eigenvalue weighted by Crippen LogP contribution is -2.70. The Morgan fingerprint density at radius 1 is 0.947 bits per heavy atom. The summed E-state index contributed by atoms with van der Waals surface area (Å²) >= 11 is 0. The van der Waals surface area contributed by atoms with Crippen LogP contribution >= 0.6 is 0 Å². The number of carbonyl (C=O) groups excluding carboxylic acids is 1. The number of aliphatic hydroxyl groups is 3. The number of unbranched alkanes of at least 4 members (excludes halogenated alkanes) is 2. The summed E-state index contributed by atoms with van der Waals surface area (Å²) in [4.78, 5) is 21.8. The first-order valence-electron chi connectivity index (χ1n) is 20.7. The molecular weight excluding hydrogens is 725 g/mol. The minimum Gasteiger partial charge on any atom is -0.459 e. The highest BCUT2D eigenvalue weighted by Gasteiger charge is 2.65. The largest absolute Gasteiger partial charge is 0.459 e. The van der Waals surface area contributed by atoms with E-state index in [0.29, 0.717) is 30.8 Å². The molecule has 3 aromatic rings. The molecule has 2 fully saturated rings. The summed E-state index contributed by atoms with van der Waals surface area (Å²) in [7, 11) is 1.55. The molecule has 306 valence electrons. The monoisotopic (exact) mass is 782 g/mol. The van der Waals surface area contributed by atoms with Gasteiger partial charge < -0.3 is 44.0 Å². The second kappa shape index (κ2) is 19.0. The van der Waals surface area contributed by atoms with Crippen molar-refractivity contribution in [2.24, 2.45) is 28.8 Å². The molecule has 1 heterocycles. The van der Waals surface area contributed by atoms with Crippen LogP contribution in [0, 0.1) is 23.7 Å². The van der Waals surface area contributed by atoms with Crippen molar-refractivity contribution < 1.29 is 43.9 Å². The molecule has 0 radical (unpaired) electrons. The van der Waals surface area contributed by atoms with Crippen molar-refractivity contribution in [1.82, 2.24) is 4.90 Å². The van der Waals surface area contributed by atoms with E-state index in [1.54, 1.807) is 13.2 Å². The van der Waals surface area contributed by atoms with Crippen molar-refractivity contribution in [1.29, 1.82) is 0 Å². The van der Waals surface area contributed by atoms with Gasteiger partial charge in [-0.3, -0.25) is 4.79 Å². The van der Waals surface area contributed by atoms with E-state index in [4.69, 9.17) is 23.8 Å². The Balaban J connectivity index is 1.40. The van der Waals surface area contributed by atoms with Crippen molar-refractivity contribution in [3.8, 4) is 17.2 Å². The van der Waals surface area contributed by atoms with Crippen LogP contribution in [0.2, 0.25) is 0 Å². The zero-order valence-electron chi connectivity index (χ0n) is 33.1. The van der Waals surface area contributed by atoms with Gasteiger partial charge in [-0.1, -0.05) is 60.5 Å². The molecule has 4 aliphatic rings. The lowest BCUT2D eigenvalue weighted by atomic mass is 9.55. The predicted octanol–water partition coefficient (Wildman–Crippen LogP) is 7.14. The fourth-order valence-corrected chi connectivity index (χ4v) is 9.50. The average molecular weight is 783 g/mol. The number of oxime groups is 1. The molecule has 0 bridgehead atoms. The molecule has 3 aliphatic carbocycles. The molecule has 6 atom stereocenters. The highest BCUT2D eigenvalue weighted by atomic mass is 16.7. The standard InChI is InChI=1S/C46H58N2O9/c1-3-24-55-46-42(48(20-25-54-26-23-51)45(52)32-14-15-32)30-40(47-53-2)38-28-34(12-6-8-21-49)37(13-7-9-22-50)43(44(38)46)39-29-36(18-19-41(39)57-46)56-35-17-16-31-10-4-5-11-33(31)27-35/h3-5,10-11,16-19,27-29,32,34,37,42-44,49-51H,1,6-9,12-15,20-26,30H2,2H3/t34-,37+,42-,43+,44+,46+/m0/s1. The molecule has 2 saturated carbocycles. The third-order valence-corrected chi connectivity index (χ3v) is 12.1. The van der Waals surface area contributed by atoms with Crippen LogP contribution in [-0.4, -0.2) is 97.0 Å². The molecule has 11 heteroatoms. The van der Waals surface area contributed by atoms with Crippen LogP contribution in [0.4, 0.5) is 0 Å². The van der Waals surface area contributed by atoms with Gasteiger partial charge in [0.25, 0.3) is 0 Å². The molecule has 0 saturated heterocycles. The van der Waals surface area contributed by atoms with Gasteiger partial charge >= 0.3 is 0 Å². The maximum Gasteiger partial charge on any atom is 0.239 e. The van der Waals surface area contributed by atoms with E-state index >= 15 is 0 Å². The summed E-state index contributed by atoms with van der Waals surface area (Å²) in [5.74, 6) is 0.322. The van der Waals surface area contributed by atoms with Crippen LogP contribution in [-0.2, 0) is 19.1 Å². The molecular formula is C46H58N2O9. The molecule has 0 aromatic heterocycles. The second-order valence-corrected chi connectivity index (χ2v) is 15.7. The first kappa shape index (κ1) is 40.9. The van der Waals surface area contributed by atoms with Crippen LogP contribution in [0.25, 0.3) is 10.8 Å². The number of hydrogen-bond acceptors (Lipinski definition) is 10. The Morgan fingerprint density at radius 3 is 2.44 bits per heavy atom. The van der Waals surface area contributed by atoms with Crippen molar-refractivity contribution in [2.75, 3.05) is 53.3 Å². The number of allylic oxidation sites excluding steroid dienone is 1. The Bertz CT molecular complexity index is 1910. The summed E-state index contributed by atoms with van der Waals surface area (Å²) in [5.41, 5.74) is 2.72. The van der Waals surface area contributed by atoms with Gasteiger partial charge in [0.15, 0.2) is 0 Å². The van der Waals surface area contributed by atoms with E-state index in [1.807, 2.05) is 41.3 Å². The number of nitrogens with zero attached hydrogens (tertiary/aromatic N) is 2. The molecule has 0 spiro atoms. The Labute approximate surface area is 335 Å². The zero-order valence-corrected chi connectivity index (χ0v) is 33.1. The average Bonchev–Trinajstić information content (AvgIpc) is 4.08. The fraction of sp³-hybridized carbons (Fsp3) is 0.522. The van der Waals surface area contributed by atoms with E-state index in [9.17, 15) is 20.1 Å². The summed E-state index contributed by atoms with van der Waals surface area (Å²) in [6.45, 7) is 5.02. The number of hydrogen-bond donors (Lipinski definition) is 3. The highest BCUT2D eigenvalue weighted by Crippen LogP contribution is 2.62. The Kier molecular flexibility index (Phi) is 13.6. The molecule has 3 aromatic carbocycles. The van der Waals surface area contributed by atoms with Crippen molar-refractivity contribution >= 4 is 22.4 Å². The molecule has 1 amide bonds. The number of aliphatic hydroxyl groups excluding tert-OH is 3.